The molecule has 13 heavy (non-hydrogen) atoms. The zero-order valence-corrected chi connectivity index (χ0v) is 7.88. The second-order valence-electron chi connectivity index (χ2n) is 4.37. The van der Waals surface area contributed by atoms with Gasteiger partial charge in [-0.3, -0.25) is 10.1 Å². The first kappa shape index (κ1) is 9.00. The van der Waals surface area contributed by atoms with E-state index < -0.39 is 11.5 Å². The molecule has 2 N–H and O–H groups in total. The van der Waals surface area contributed by atoms with Gasteiger partial charge < -0.3 is 5.11 Å². The van der Waals surface area contributed by atoms with Gasteiger partial charge in [-0.25, -0.2) is 0 Å². The second kappa shape index (κ2) is 3.29. The van der Waals surface area contributed by atoms with E-state index in [1.807, 2.05) is 0 Å². The van der Waals surface area contributed by atoms with Crippen LogP contribution in [0.4, 0.5) is 0 Å². The van der Waals surface area contributed by atoms with E-state index in [4.69, 9.17) is 5.11 Å². The first-order valence-electron chi connectivity index (χ1n) is 5.24. The molecule has 0 amide bonds. The number of nitrogens with one attached hydrogen (secondary N) is 1. The summed E-state index contributed by atoms with van der Waals surface area (Å²) in [5, 5.41) is 12.3. The van der Waals surface area contributed by atoms with Crippen LogP contribution in [0, 0.1) is 0 Å². The summed E-state index contributed by atoms with van der Waals surface area (Å²) in [4.78, 5) is 10.9. The fourth-order valence-electron chi connectivity index (χ4n) is 2.18. The standard InChI is InChI=1S/C10H17NO2/c12-9(13)10(6-7-10)11-8-4-2-1-3-5-8/h8,11H,1-7H2,(H,12,13). The summed E-state index contributed by atoms with van der Waals surface area (Å²) in [5.41, 5.74) is -0.526. The van der Waals surface area contributed by atoms with Crippen LogP contribution in [0.2, 0.25) is 0 Å². The number of hydrogen-bond acceptors (Lipinski definition) is 2. The molecule has 0 aliphatic heterocycles. The Bertz CT molecular complexity index is 205. The first-order chi connectivity index (χ1) is 6.23. The molecule has 0 aromatic carbocycles. The van der Waals surface area contributed by atoms with E-state index in [0.29, 0.717) is 6.04 Å². The van der Waals surface area contributed by atoms with Crippen molar-refractivity contribution in [3.63, 3.8) is 0 Å². The Labute approximate surface area is 78.5 Å². The Morgan fingerprint density at radius 2 is 1.85 bits per heavy atom. The average Bonchev–Trinajstić information content (AvgIpc) is 2.87. The van der Waals surface area contributed by atoms with E-state index in [9.17, 15) is 4.79 Å². The van der Waals surface area contributed by atoms with Crippen LogP contribution in [-0.2, 0) is 4.79 Å². The highest BCUT2D eigenvalue weighted by Gasteiger charge is 2.51. The first-order valence-corrected chi connectivity index (χ1v) is 5.24. The van der Waals surface area contributed by atoms with Crippen molar-refractivity contribution in [2.75, 3.05) is 0 Å². The lowest BCUT2D eigenvalue weighted by Crippen LogP contribution is -2.46. The minimum absolute atomic E-state index is 0.465. The maximum absolute atomic E-state index is 10.9. The normalized spacial score (nSPS) is 27.1. The Kier molecular flexibility index (Phi) is 2.28. The van der Waals surface area contributed by atoms with E-state index >= 15 is 0 Å². The molecular formula is C10H17NO2. The van der Waals surface area contributed by atoms with E-state index in [0.717, 1.165) is 25.7 Å². The molecule has 2 fully saturated rings. The van der Waals surface area contributed by atoms with E-state index in [-0.39, 0.29) is 0 Å². The molecule has 0 saturated heterocycles. The topological polar surface area (TPSA) is 49.3 Å². The molecule has 0 heterocycles. The zero-order valence-electron chi connectivity index (χ0n) is 7.88. The highest BCUT2D eigenvalue weighted by atomic mass is 16.4. The maximum Gasteiger partial charge on any atom is 0.323 e. The van der Waals surface area contributed by atoms with Gasteiger partial charge in [0.05, 0.1) is 0 Å². The summed E-state index contributed by atoms with van der Waals surface area (Å²) in [7, 11) is 0. The average molecular weight is 183 g/mol. The molecule has 0 aromatic rings. The summed E-state index contributed by atoms with van der Waals surface area (Å²) >= 11 is 0. The van der Waals surface area contributed by atoms with Crippen LogP contribution in [0.1, 0.15) is 44.9 Å². The zero-order chi connectivity index (χ0) is 9.31. The molecule has 2 rings (SSSR count). The van der Waals surface area contributed by atoms with Crippen molar-refractivity contribution < 1.29 is 9.90 Å². The van der Waals surface area contributed by atoms with Gasteiger partial charge >= 0.3 is 5.97 Å². The van der Waals surface area contributed by atoms with Crippen molar-refractivity contribution in [3.05, 3.63) is 0 Å². The monoisotopic (exact) mass is 183 g/mol. The molecule has 0 unspecified atom stereocenters. The molecule has 0 spiro atoms. The summed E-state index contributed by atoms with van der Waals surface area (Å²) in [6, 6.07) is 0.465. The minimum atomic E-state index is -0.655. The Morgan fingerprint density at radius 3 is 2.31 bits per heavy atom. The number of rotatable bonds is 3. The van der Waals surface area contributed by atoms with Gasteiger partial charge in [0, 0.05) is 6.04 Å². The SMILES string of the molecule is O=C(O)C1(NC2CCCCC2)CC1. The van der Waals surface area contributed by atoms with Crippen LogP contribution < -0.4 is 5.32 Å². The summed E-state index contributed by atoms with van der Waals surface area (Å²) in [6.07, 6.45) is 7.79. The summed E-state index contributed by atoms with van der Waals surface area (Å²) in [5.74, 6) is -0.655. The molecule has 2 aliphatic carbocycles. The molecule has 74 valence electrons. The largest absolute Gasteiger partial charge is 0.480 e. The van der Waals surface area contributed by atoms with Crippen molar-refractivity contribution in [3.8, 4) is 0 Å². The molecule has 0 bridgehead atoms. The highest BCUT2D eigenvalue weighted by Crippen LogP contribution is 2.37. The lowest BCUT2D eigenvalue weighted by Gasteiger charge is -2.26. The number of carboxylic acids is 1. The van der Waals surface area contributed by atoms with Gasteiger partial charge in [-0.2, -0.15) is 0 Å². The van der Waals surface area contributed by atoms with Crippen LogP contribution in [-0.4, -0.2) is 22.7 Å². The highest BCUT2D eigenvalue weighted by molar-refractivity contribution is 5.82. The van der Waals surface area contributed by atoms with Gasteiger partial charge in [0.2, 0.25) is 0 Å². The van der Waals surface area contributed by atoms with Crippen molar-refractivity contribution in [1.29, 1.82) is 0 Å². The molecular weight excluding hydrogens is 166 g/mol. The van der Waals surface area contributed by atoms with Gasteiger partial charge in [-0.05, 0) is 25.7 Å². The lowest BCUT2D eigenvalue weighted by atomic mass is 9.94. The molecule has 2 aliphatic rings. The summed E-state index contributed by atoms with van der Waals surface area (Å²) in [6.45, 7) is 0. The van der Waals surface area contributed by atoms with Gasteiger partial charge in [0.25, 0.3) is 0 Å². The molecule has 0 atom stereocenters. The fraction of sp³-hybridized carbons (Fsp3) is 0.900. The Hall–Kier alpha value is -0.570. The summed E-state index contributed by atoms with van der Waals surface area (Å²) < 4.78 is 0. The third kappa shape index (κ3) is 1.85. The number of carboxylic acid groups (broad SMARTS) is 1. The molecule has 3 nitrogen and oxygen atoms in total. The van der Waals surface area contributed by atoms with E-state index in [2.05, 4.69) is 5.32 Å². The maximum atomic E-state index is 10.9. The third-order valence-electron chi connectivity index (χ3n) is 3.24. The van der Waals surface area contributed by atoms with Crippen molar-refractivity contribution in [2.45, 2.75) is 56.5 Å². The smallest absolute Gasteiger partial charge is 0.323 e. The van der Waals surface area contributed by atoms with Gasteiger partial charge in [-0.15, -0.1) is 0 Å². The molecule has 3 heteroatoms. The minimum Gasteiger partial charge on any atom is -0.480 e. The van der Waals surface area contributed by atoms with Crippen LogP contribution in [0.25, 0.3) is 0 Å². The number of aliphatic carboxylic acids is 1. The second-order valence-corrected chi connectivity index (χ2v) is 4.37. The quantitative estimate of drug-likeness (QED) is 0.697. The Balaban J connectivity index is 1.86. The van der Waals surface area contributed by atoms with Crippen LogP contribution in [0.5, 0.6) is 0 Å². The van der Waals surface area contributed by atoms with Gasteiger partial charge in [0.1, 0.15) is 5.54 Å². The van der Waals surface area contributed by atoms with Crippen LogP contribution in [0.15, 0.2) is 0 Å². The molecule has 0 radical (unpaired) electrons. The fourth-order valence-corrected chi connectivity index (χ4v) is 2.18. The van der Waals surface area contributed by atoms with Crippen molar-refractivity contribution in [1.82, 2.24) is 5.32 Å². The van der Waals surface area contributed by atoms with Gasteiger partial charge in [0.15, 0.2) is 0 Å². The predicted molar refractivity (Wildman–Crippen MR) is 49.6 cm³/mol. The Morgan fingerprint density at radius 1 is 1.23 bits per heavy atom. The van der Waals surface area contributed by atoms with Crippen molar-refractivity contribution in [2.24, 2.45) is 0 Å². The molecule has 0 aromatic heterocycles. The van der Waals surface area contributed by atoms with Crippen LogP contribution in [0.3, 0.4) is 0 Å². The third-order valence-corrected chi connectivity index (χ3v) is 3.24. The molecule has 2 saturated carbocycles. The van der Waals surface area contributed by atoms with E-state index in [1.165, 1.54) is 19.3 Å². The number of hydrogen-bond donors (Lipinski definition) is 2. The number of carbonyl (C=O) groups is 1. The lowest BCUT2D eigenvalue weighted by molar-refractivity contribution is -0.141. The van der Waals surface area contributed by atoms with E-state index in [1.54, 1.807) is 0 Å². The van der Waals surface area contributed by atoms with Gasteiger partial charge in [-0.1, -0.05) is 19.3 Å². The van der Waals surface area contributed by atoms with Crippen LogP contribution >= 0.6 is 0 Å². The van der Waals surface area contributed by atoms with Crippen molar-refractivity contribution >= 4 is 5.97 Å². The predicted octanol–water partition coefficient (Wildman–Crippen LogP) is 1.53.